The van der Waals surface area contributed by atoms with E-state index < -0.39 is 0 Å². The topological polar surface area (TPSA) is 68.3 Å². The number of carbonyl (C=O) groups excluding carboxylic acids is 4. The lowest BCUT2D eigenvalue weighted by Gasteiger charge is -2.33. The summed E-state index contributed by atoms with van der Waals surface area (Å²) in [4.78, 5) is 50.4. The van der Waals surface area contributed by atoms with Crippen LogP contribution < -0.4 is 0 Å². The highest BCUT2D eigenvalue weighted by Gasteiger charge is 2.34. The molecule has 3 rings (SSSR count). The third kappa shape index (κ3) is 7.94. The standard InChI is InChI=1S/C35H44O4/c1-6-12-29(30(7-2)33(38)19-24(4)36)20-26-21-32-31(18-15-23(3)35(32)34(39)22-26)28-14-11-9-8-10-13-27(16-17-28)25(5)37/h8-11,15-18,26,29-30H,6-7,12-14,19-22H2,1-5H3/b10-8-,11-9-,27-16+,28-17+. The van der Waals surface area contributed by atoms with E-state index in [0.29, 0.717) is 19.3 Å². The number of allylic oxidation sites excluding steroid dienone is 8. The van der Waals surface area contributed by atoms with Gasteiger partial charge in [-0.2, -0.15) is 0 Å². The number of hydrogen-bond donors (Lipinski definition) is 0. The monoisotopic (exact) mass is 528 g/mol. The third-order valence-electron chi connectivity index (χ3n) is 8.25. The van der Waals surface area contributed by atoms with Crippen LogP contribution in [0.3, 0.4) is 0 Å². The maximum atomic E-state index is 13.6. The molecule has 0 heterocycles. The van der Waals surface area contributed by atoms with E-state index in [2.05, 4.69) is 19.1 Å². The number of fused-ring (bicyclic) bond motifs is 1. The lowest BCUT2D eigenvalue weighted by atomic mass is 9.71. The van der Waals surface area contributed by atoms with E-state index in [-0.39, 0.29) is 47.3 Å². The summed E-state index contributed by atoms with van der Waals surface area (Å²) in [5, 5.41) is 0. The summed E-state index contributed by atoms with van der Waals surface area (Å²) in [7, 11) is 0. The van der Waals surface area contributed by atoms with E-state index in [1.807, 2.05) is 50.3 Å². The number of carbonyl (C=O) groups is 4. The van der Waals surface area contributed by atoms with E-state index in [4.69, 9.17) is 0 Å². The molecule has 0 fully saturated rings. The third-order valence-corrected chi connectivity index (χ3v) is 8.25. The molecule has 3 atom stereocenters. The van der Waals surface area contributed by atoms with E-state index in [9.17, 15) is 19.2 Å². The summed E-state index contributed by atoms with van der Waals surface area (Å²) < 4.78 is 0. The van der Waals surface area contributed by atoms with Gasteiger partial charge in [0, 0.05) is 17.9 Å². The van der Waals surface area contributed by atoms with Crippen molar-refractivity contribution < 1.29 is 19.2 Å². The van der Waals surface area contributed by atoms with Gasteiger partial charge in [-0.15, -0.1) is 0 Å². The van der Waals surface area contributed by atoms with Gasteiger partial charge >= 0.3 is 0 Å². The fraction of sp³-hybridized carbons (Fsp3) is 0.486. The lowest BCUT2D eigenvalue weighted by Crippen LogP contribution is -2.30. The molecule has 2 aliphatic rings. The predicted octanol–water partition coefficient (Wildman–Crippen LogP) is 7.93. The molecule has 0 bridgehead atoms. The Bertz CT molecular complexity index is 1220. The van der Waals surface area contributed by atoms with Gasteiger partial charge in [0.2, 0.25) is 0 Å². The highest BCUT2D eigenvalue weighted by Crippen LogP contribution is 2.39. The molecule has 1 aromatic carbocycles. The predicted molar refractivity (Wildman–Crippen MR) is 159 cm³/mol. The second-order valence-electron chi connectivity index (χ2n) is 11.3. The molecule has 2 aliphatic carbocycles. The number of Topliss-reactive ketones (excluding diaryl/α,β-unsaturated/α-hetero) is 4. The molecule has 3 unspecified atom stereocenters. The van der Waals surface area contributed by atoms with Crippen LogP contribution in [-0.2, 0) is 20.8 Å². The Morgan fingerprint density at radius 2 is 1.69 bits per heavy atom. The summed E-state index contributed by atoms with van der Waals surface area (Å²) in [5.41, 5.74) is 5.88. The minimum Gasteiger partial charge on any atom is -0.300 e. The zero-order valence-electron chi connectivity index (χ0n) is 24.3. The first-order chi connectivity index (χ1) is 18.7. The van der Waals surface area contributed by atoms with Crippen LogP contribution in [-0.4, -0.2) is 23.1 Å². The Balaban J connectivity index is 1.99. The van der Waals surface area contributed by atoms with Crippen molar-refractivity contribution in [1.29, 1.82) is 0 Å². The fourth-order valence-electron chi connectivity index (χ4n) is 6.39. The van der Waals surface area contributed by atoms with Gasteiger partial charge in [-0.05, 0) is 92.5 Å². The van der Waals surface area contributed by atoms with E-state index >= 15 is 0 Å². The molecule has 0 radical (unpaired) electrons. The van der Waals surface area contributed by atoms with Crippen molar-refractivity contribution in [2.24, 2.45) is 17.8 Å². The largest absolute Gasteiger partial charge is 0.300 e. The van der Waals surface area contributed by atoms with E-state index in [1.165, 1.54) is 6.92 Å². The van der Waals surface area contributed by atoms with Crippen LogP contribution in [0.1, 0.15) is 106 Å². The summed E-state index contributed by atoms with van der Waals surface area (Å²) in [5.74, 6) is 0.387. The molecule has 0 aliphatic heterocycles. The molecule has 0 spiro atoms. The van der Waals surface area contributed by atoms with Crippen LogP contribution in [0, 0.1) is 24.7 Å². The molecule has 0 aromatic heterocycles. The minimum atomic E-state index is -0.142. The average molecular weight is 529 g/mol. The second-order valence-corrected chi connectivity index (χ2v) is 11.3. The van der Waals surface area contributed by atoms with Crippen LogP contribution in [0.2, 0.25) is 0 Å². The highest BCUT2D eigenvalue weighted by atomic mass is 16.1. The minimum absolute atomic E-state index is 0.00112. The molecular formula is C35H44O4. The number of aryl methyl sites for hydroxylation is 1. The first-order valence-corrected chi connectivity index (χ1v) is 14.6. The Kier molecular flexibility index (Phi) is 11.2. The Labute approximate surface area is 234 Å². The highest BCUT2D eigenvalue weighted by molar-refractivity contribution is 6.02. The lowest BCUT2D eigenvalue weighted by molar-refractivity contribution is -0.130. The van der Waals surface area contributed by atoms with Gasteiger partial charge in [0.15, 0.2) is 11.6 Å². The van der Waals surface area contributed by atoms with E-state index in [0.717, 1.165) is 65.5 Å². The normalized spacial score (nSPS) is 23.3. The Morgan fingerprint density at radius 1 is 0.974 bits per heavy atom. The second kappa shape index (κ2) is 14.3. The van der Waals surface area contributed by atoms with Crippen molar-refractivity contribution >= 4 is 28.7 Å². The van der Waals surface area contributed by atoms with Gasteiger partial charge in [-0.1, -0.05) is 75.3 Å². The van der Waals surface area contributed by atoms with Crippen molar-refractivity contribution in [1.82, 2.24) is 0 Å². The molecule has 208 valence electrons. The van der Waals surface area contributed by atoms with Crippen LogP contribution in [0.25, 0.3) is 5.57 Å². The fourth-order valence-corrected chi connectivity index (χ4v) is 6.39. The zero-order valence-corrected chi connectivity index (χ0v) is 24.3. The average Bonchev–Trinajstić information content (AvgIpc) is 2.87. The van der Waals surface area contributed by atoms with Crippen LogP contribution in [0.15, 0.2) is 54.2 Å². The van der Waals surface area contributed by atoms with Crippen molar-refractivity contribution in [3.05, 3.63) is 76.4 Å². The van der Waals surface area contributed by atoms with E-state index in [1.54, 1.807) is 6.92 Å². The molecule has 0 saturated carbocycles. The van der Waals surface area contributed by atoms with Gasteiger partial charge in [0.1, 0.15) is 11.6 Å². The summed E-state index contributed by atoms with van der Waals surface area (Å²) in [6, 6.07) is 4.17. The van der Waals surface area contributed by atoms with Crippen molar-refractivity contribution in [3.63, 3.8) is 0 Å². The number of benzene rings is 1. The number of rotatable bonds is 11. The molecule has 4 nitrogen and oxygen atoms in total. The number of hydrogen-bond acceptors (Lipinski definition) is 4. The molecule has 0 amide bonds. The van der Waals surface area contributed by atoms with Crippen molar-refractivity contribution in [2.75, 3.05) is 0 Å². The van der Waals surface area contributed by atoms with Crippen LogP contribution in [0.4, 0.5) is 0 Å². The molecule has 1 aromatic rings. The molecule has 39 heavy (non-hydrogen) atoms. The maximum absolute atomic E-state index is 13.6. The first-order valence-electron chi connectivity index (χ1n) is 14.6. The van der Waals surface area contributed by atoms with Crippen molar-refractivity contribution in [2.45, 2.75) is 92.4 Å². The number of ketones is 4. The van der Waals surface area contributed by atoms with Crippen LogP contribution >= 0.6 is 0 Å². The zero-order chi connectivity index (χ0) is 28.5. The smallest absolute Gasteiger partial charge is 0.163 e. The molecule has 4 heteroatoms. The Hall–Kier alpha value is -3.14. The van der Waals surface area contributed by atoms with Gasteiger partial charge < -0.3 is 0 Å². The van der Waals surface area contributed by atoms with Gasteiger partial charge in [0.05, 0.1) is 6.42 Å². The first kappa shape index (κ1) is 30.4. The summed E-state index contributed by atoms with van der Waals surface area (Å²) in [6.07, 6.45) is 18.1. The van der Waals surface area contributed by atoms with Gasteiger partial charge in [0.25, 0.3) is 0 Å². The molecular weight excluding hydrogens is 484 g/mol. The van der Waals surface area contributed by atoms with Gasteiger partial charge in [-0.25, -0.2) is 0 Å². The van der Waals surface area contributed by atoms with Gasteiger partial charge in [-0.3, -0.25) is 19.2 Å². The SMILES string of the molecule is CCCC(CC1CC(=O)c2c(C)ccc(/C3=C/C=C(/C(C)=O)C/C=C\C=C/C3)c2C1)C(CC)C(=O)CC(C)=O. The summed E-state index contributed by atoms with van der Waals surface area (Å²) >= 11 is 0. The maximum Gasteiger partial charge on any atom is 0.163 e. The van der Waals surface area contributed by atoms with Crippen LogP contribution in [0.5, 0.6) is 0 Å². The summed E-state index contributed by atoms with van der Waals surface area (Å²) in [6.45, 7) is 9.26. The van der Waals surface area contributed by atoms with Crippen molar-refractivity contribution in [3.8, 4) is 0 Å². The Morgan fingerprint density at radius 3 is 2.33 bits per heavy atom. The molecule has 0 N–H and O–H groups in total. The molecule has 0 saturated heterocycles. The quantitative estimate of drug-likeness (QED) is 0.274.